The maximum Gasteiger partial charge on any atom is 0.256 e. The number of piperazine rings is 1. The van der Waals surface area contributed by atoms with Gasteiger partial charge in [-0.15, -0.1) is 0 Å². The van der Waals surface area contributed by atoms with E-state index in [1.165, 1.54) is 0 Å². The zero-order chi connectivity index (χ0) is 28.6. The molecule has 3 aromatic rings. The predicted molar refractivity (Wildman–Crippen MR) is 166 cm³/mol. The summed E-state index contributed by atoms with van der Waals surface area (Å²) in [5.74, 6) is 0.457. The van der Waals surface area contributed by atoms with Gasteiger partial charge in [-0.1, -0.05) is 24.3 Å². The van der Waals surface area contributed by atoms with Crippen molar-refractivity contribution in [2.24, 2.45) is 0 Å². The van der Waals surface area contributed by atoms with Crippen LogP contribution >= 0.6 is 15.9 Å². The Kier molecular flexibility index (Phi) is 9.76. The molecule has 2 N–H and O–H groups in total. The van der Waals surface area contributed by atoms with Gasteiger partial charge in [-0.05, 0) is 58.4 Å². The molecule has 2 aliphatic heterocycles. The lowest BCUT2D eigenvalue weighted by Gasteiger charge is -2.38. The number of carbonyl (C=O) groups is 2. The van der Waals surface area contributed by atoms with Crippen LogP contribution in [0.25, 0.3) is 0 Å². The number of anilines is 3. The van der Waals surface area contributed by atoms with E-state index >= 15 is 0 Å². The van der Waals surface area contributed by atoms with E-state index in [-0.39, 0.29) is 11.8 Å². The van der Waals surface area contributed by atoms with E-state index in [0.717, 1.165) is 76.2 Å². The summed E-state index contributed by atoms with van der Waals surface area (Å²) in [6.45, 7) is 7.55. The van der Waals surface area contributed by atoms with Crippen LogP contribution in [0.5, 0.6) is 5.75 Å². The number of methoxy groups -OCH3 is 1. The molecule has 41 heavy (non-hydrogen) atoms. The average Bonchev–Trinajstić information content (AvgIpc) is 3.02. The third kappa shape index (κ3) is 7.19. The lowest BCUT2D eigenvalue weighted by molar-refractivity contribution is 0.0383. The largest absolute Gasteiger partial charge is 0.495 e. The van der Waals surface area contributed by atoms with Gasteiger partial charge in [0.15, 0.2) is 0 Å². The van der Waals surface area contributed by atoms with E-state index in [9.17, 15) is 9.59 Å². The van der Waals surface area contributed by atoms with Crippen molar-refractivity contribution >= 4 is 44.8 Å². The smallest absolute Gasteiger partial charge is 0.256 e. The highest BCUT2D eigenvalue weighted by Gasteiger charge is 2.24. The van der Waals surface area contributed by atoms with Gasteiger partial charge in [0.25, 0.3) is 11.8 Å². The van der Waals surface area contributed by atoms with Crippen LogP contribution in [-0.2, 0) is 4.74 Å². The van der Waals surface area contributed by atoms with Crippen molar-refractivity contribution < 1.29 is 19.1 Å². The highest BCUT2D eigenvalue weighted by atomic mass is 79.9. The molecule has 0 saturated carbocycles. The first-order valence-corrected chi connectivity index (χ1v) is 14.7. The molecular weight excluding hydrogens is 586 g/mol. The number of para-hydroxylation sites is 2. The molecular formula is C31H36BrN5O4. The number of halogens is 1. The number of rotatable bonds is 9. The maximum atomic E-state index is 13.6. The number of hydrogen-bond donors (Lipinski definition) is 2. The molecule has 0 aromatic heterocycles. The molecule has 2 amide bonds. The summed E-state index contributed by atoms with van der Waals surface area (Å²) in [5, 5.41) is 6.06. The monoisotopic (exact) mass is 621 g/mol. The molecule has 2 saturated heterocycles. The van der Waals surface area contributed by atoms with Crippen molar-refractivity contribution in [1.82, 2.24) is 10.2 Å². The van der Waals surface area contributed by atoms with Gasteiger partial charge in [0.2, 0.25) is 0 Å². The molecule has 0 aliphatic carbocycles. The second-order valence-corrected chi connectivity index (χ2v) is 10.9. The van der Waals surface area contributed by atoms with Crippen molar-refractivity contribution in [3.63, 3.8) is 0 Å². The van der Waals surface area contributed by atoms with Gasteiger partial charge in [-0.25, -0.2) is 0 Å². The number of benzene rings is 3. The fraction of sp³-hybridized carbons (Fsp3) is 0.355. The van der Waals surface area contributed by atoms with Gasteiger partial charge in [0.05, 0.1) is 37.1 Å². The van der Waals surface area contributed by atoms with Crippen LogP contribution in [0.4, 0.5) is 17.1 Å². The van der Waals surface area contributed by atoms with Gasteiger partial charge in [-0.2, -0.15) is 0 Å². The van der Waals surface area contributed by atoms with Gasteiger partial charge in [0, 0.05) is 68.2 Å². The number of morpholine rings is 1. The Labute approximate surface area is 249 Å². The molecule has 0 spiro atoms. The van der Waals surface area contributed by atoms with Crippen molar-refractivity contribution in [3.05, 3.63) is 82.3 Å². The third-order valence-corrected chi connectivity index (χ3v) is 8.17. The predicted octanol–water partition coefficient (Wildman–Crippen LogP) is 4.10. The molecule has 0 atom stereocenters. The Balaban J connectivity index is 1.32. The fourth-order valence-corrected chi connectivity index (χ4v) is 5.71. The van der Waals surface area contributed by atoms with Crippen molar-refractivity contribution in [1.29, 1.82) is 0 Å². The number of carbonyl (C=O) groups excluding carboxylic acids is 2. The first kappa shape index (κ1) is 28.9. The summed E-state index contributed by atoms with van der Waals surface area (Å²) in [7, 11) is 1.69. The Morgan fingerprint density at radius 2 is 1.51 bits per heavy atom. The SMILES string of the molecule is COc1ccccc1N1CCN(c2ccc(NC(=O)c3ccccc3Br)cc2C(=O)NCCN2CCOCC2)CC1. The van der Waals surface area contributed by atoms with E-state index in [1.54, 1.807) is 19.2 Å². The van der Waals surface area contributed by atoms with Crippen LogP contribution in [0.2, 0.25) is 0 Å². The molecule has 9 nitrogen and oxygen atoms in total. The Hall–Kier alpha value is -3.60. The molecule has 2 heterocycles. The number of amides is 2. The van der Waals surface area contributed by atoms with Gasteiger partial charge in [-0.3, -0.25) is 14.5 Å². The summed E-state index contributed by atoms with van der Waals surface area (Å²) in [5.41, 5.74) is 3.57. The minimum Gasteiger partial charge on any atom is -0.495 e. The standard InChI is InChI=1S/C31H36BrN5O4/c1-40-29-9-5-4-8-28(29)37-16-14-36(15-17-37)27-11-10-23(34-31(39)24-6-2-3-7-26(24)32)22-25(27)30(38)33-12-13-35-18-20-41-21-19-35/h2-11,22H,12-21H2,1H3,(H,33,38)(H,34,39). The van der Waals surface area contributed by atoms with Gasteiger partial charge >= 0.3 is 0 Å². The molecule has 216 valence electrons. The fourth-order valence-electron chi connectivity index (χ4n) is 5.24. The minimum atomic E-state index is -0.241. The summed E-state index contributed by atoms with van der Waals surface area (Å²) in [4.78, 5) is 33.4. The Bertz CT molecular complexity index is 1360. The van der Waals surface area contributed by atoms with Gasteiger partial charge < -0.3 is 29.9 Å². The zero-order valence-electron chi connectivity index (χ0n) is 23.3. The molecule has 0 radical (unpaired) electrons. The molecule has 2 aliphatic rings. The minimum absolute atomic E-state index is 0.155. The van der Waals surface area contributed by atoms with Crippen molar-refractivity contribution in [2.75, 3.05) is 87.8 Å². The van der Waals surface area contributed by atoms with Gasteiger partial charge in [0.1, 0.15) is 5.75 Å². The topological polar surface area (TPSA) is 86.4 Å². The third-order valence-electron chi connectivity index (χ3n) is 7.48. The van der Waals surface area contributed by atoms with Crippen LogP contribution in [0.1, 0.15) is 20.7 Å². The van der Waals surface area contributed by atoms with Crippen LogP contribution in [-0.4, -0.2) is 89.4 Å². The maximum absolute atomic E-state index is 13.6. The summed E-state index contributed by atoms with van der Waals surface area (Å²) in [6.07, 6.45) is 0. The number of ether oxygens (including phenoxy) is 2. The zero-order valence-corrected chi connectivity index (χ0v) is 24.9. The average molecular weight is 623 g/mol. The van der Waals surface area contributed by atoms with E-state index < -0.39 is 0 Å². The molecule has 2 fully saturated rings. The van der Waals surface area contributed by atoms with Crippen LogP contribution < -0.4 is 25.2 Å². The molecule has 3 aromatic carbocycles. The molecule has 0 bridgehead atoms. The quantitative estimate of drug-likeness (QED) is 0.372. The first-order chi connectivity index (χ1) is 20.0. The second-order valence-electron chi connectivity index (χ2n) is 10.0. The van der Waals surface area contributed by atoms with E-state index in [1.807, 2.05) is 48.5 Å². The van der Waals surface area contributed by atoms with Crippen LogP contribution in [0, 0.1) is 0 Å². The highest BCUT2D eigenvalue weighted by molar-refractivity contribution is 9.10. The van der Waals surface area contributed by atoms with Crippen molar-refractivity contribution in [3.8, 4) is 5.75 Å². The Morgan fingerprint density at radius 3 is 2.24 bits per heavy atom. The van der Waals surface area contributed by atoms with Crippen LogP contribution in [0.3, 0.4) is 0 Å². The summed E-state index contributed by atoms with van der Waals surface area (Å²) >= 11 is 3.45. The van der Waals surface area contributed by atoms with Crippen LogP contribution in [0.15, 0.2) is 71.2 Å². The van der Waals surface area contributed by atoms with Crippen molar-refractivity contribution in [2.45, 2.75) is 0 Å². The number of nitrogens with one attached hydrogen (secondary N) is 2. The molecule has 10 heteroatoms. The van der Waals surface area contributed by atoms with E-state index in [0.29, 0.717) is 27.8 Å². The lowest BCUT2D eigenvalue weighted by Crippen LogP contribution is -2.47. The molecule has 0 unspecified atom stereocenters. The second kappa shape index (κ2) is 13.8. The highest BCUT2D eigenvalue weighted by Crippen LogP contribution is 2.31. The van der Waals surface area contributed by atoms with E-state index in [2.05, 4.69) is 47.3 Å². The summed E-state index contributed by atoms with van der Waals surface area (Å²) < 4.78 is 11.7. The number of hydrogen-bond acceptors (Lipinski definition) is 7. The molecule has 5 rings (SSSR count). The normalized spacial score (nSPS) is 15.9. The first-order valence-electron chi connectivity index (χ1n) is 13.9. The number of nitrogens with zero attached hydrogens (tertiary/aromatic N) is 3. The lowest BCUT2D eigenvalue weighted by atomic mass is 10.1. The van der Waals surface area contributed by atoms with E-state index in [4.69, 9.17) is 9.47 Å². The Morgan fingerprint density at radius 1 is 0.829 bits per heavy atom. The summed E-state index contributed by atoms with van der Waals surface area (Å²) in [6, 6.07) is 20.9.